The third-order valence-corrected chi connectivity index (χ3v) is 7.39. The molecule has 0 aliphatic carbocycles. The number of benzene rings is 2. The summed E-state index contributed by atoms with van der Waals surface area (Å²) in [5.74, 6) is 0.494. The van der Waals surface area contributed by atoms with Gasteiger partial charge in [0.2, 0.25) is 10.0 Å². The van der Waals surface area contributed by atoms with Crippen molar-refractivity contribution in [3.8, 4) is 17.0 Å². The minimum atomic E-state index is -3.36. The SMILES string of the molecule is COc1ccc(-c2nc(NC(=O)c3ccc4c(c3)C[C@H](C)N4S(C)(=O)=O)sc2C)cc1. The number of nitrogens with one attached hydrogen (secondary N) is 1. The number of aromatic nitrogens is 1. The van der Waals surface area contributed by atoms with E-state index in [1.54, 1.807) is 25.3 Å². The molecule has 1 aromatic heterocycles. The summed E-state index contributed by atoms with van der Waals surface area (Å²) in [6.07, 6.45) is 1.77. The van der Waals surface area contributed by atoms with Crippen LogP contribution >= 0.6 is 11.3 Å². The molecule has 0 radical (unpaired) electrons. The van der Waals surface area contributed by atoms with Crippen molar-refractivity contribution in [3.05, 3.63) is 58.5 Å². The van der Waals surface area contributed by atoms with Crippen LogP contribution in [-0.4, -0.2) is 38.7 Å². The predicted molar refractivity (Wildman–Crippen MR) is 124 cm³/mol. The largest absolute Gasteiger partial charge is 0.497 e. The smallest absolute Gasteiger partial charge is 0.257 e. The van der Waals surface area contributed by atoms with Crippen LogP contribution in [0.3, 0.4) is 0 Å². The molecule has 1 amide bonds. The Hall–Kier alpha value is -2.91. The average molecular weight is 458 g/mol. The molecule has 0 unspecified atom stereocenters. The molecular formula is C22H23N3O4S2. The second kappa shape index (κ2) is 7.97. The number of carbonyl (C=O) groups is 1. The normalized spacial score (nSPS) is 15.6. The first-order valence-electron chi connectivity index (χ1n) is 9.73. The summed E-state index contributed by atoms with van der Waals surface area (Å²) in [5, 5.41) is 3.38. The Bertz CT molecular complexity index is 1250. The van der Waals surface area contributed by atoms with E-state index in [0.717, 1.165) is 27.4 Å². The van der Waals surface area contributed by atoms with E-state index in [1.165, 1.54) is 21.9 Å². The number of sulfonamides is 1. The van der Waals surface area contributed by atoms with Gasteiger partial charge < -0.3 is 4.74 Å². The zero-order valence-corrected chi connectivity index (χ0v) is 19.3. The number of rotatable bonds is 5. The molecule has 31 heavy (non-hydrogen) atoms. The molecule has 3 aromatic rings. The lowest BCUT2D eigenvalue weighted by Gasteiger charge is -2.21. The van der Waals surface area contributed by atoms with Crippen LogP contribution in [0.15, 0.2) is 42.5 Å². The van der Waals surface area contributed by atoms with Gasteiger partial charge in [-0.15, -0.1) is 11.3 Å². The van der Waals surface area contributed by atoms with E-state index in [2.05, 4.69) is 10.3 Å². The number of hydrogen-bond donors (Lipinski definition) is 1. The van der Waals surface area contributed by atoms with Gasteiger partial charge in [-0.2, -0.15) is 0 Å². The fraction of sp³-hybridized carbons (Fsp3) is 0.273. The summed E-state index contributed by atoms with van der Waals surface area (Å²) in [7, 11) is -1.74. The maximum absolute atomic E-state index is 12.8. The number of aryl methyl sites for hydroxylation is 1. The topological polar surface area (TPSA) is 88.6 Å². The summed E-state index contributed by atoms with van der Waals surface area (Å²) < 4.78 is 30.8. The van der Waals surface area contributed by atoms with Crippen molar-refractivity contribution in [2.75, 3.05) is 23.0 Å². The number of ether oxygens (including phenoxy) is 1. The van der Waals surface area contributed by atoms with Crippen LogP contribution in [-0.2, 0) is 16.4 Å². The van der Waals surface area contributed by atoms with Crippen molar-refractivity contribution < 1.29 is 17.9 Å². The van der Waals surface area contributed by atoms with E-state index in [1.807, 2.05) is 38.1 Å². The highest BCUT2D eigenvalue weighted by Crippen LogP contribution is 2.35. The Morgan fingerprint density at radius 1 is 1.23 bits per heavy atom. The van der Waals surface area contributed by atoms with Gasteiger partial charge in [-0.05, 0) is 68.3 Å². The molecule has 2 heterocycles. The van der Waals surface area contributed by atoms with Crippen molar-refractivity contribution >= 4 is 38.1 Å². The molecule has 162 valence electrons. The highest BCUT2D eigenvalue weighted by molar-refractivity contribution is 7.92. The number of methoxy groups -OCH3 is 1. The van der Waals surface area contributed by atoms with Crippen LogP contribution in [0.2, 0.25) is 0 Å². The van der Waals surface area contributed by atoms with Crippen LogP contribution in [0.4, 0.5) is 10.8 Å². The van der Waals surface area contributed by atoms with E-state index in [9.17, 15) is 13.2 Å². The Balaban J connectivity index is 1.55. The molecule has 4 rings (SSSR count). The van der Waals surface area contributed by atoms with Gasteiger partial charge in [-0.1, -0.05) is 0 Å². The summed E-state index contributed by atoms with van der Waals surface area (Å²) in [6.45, 7) is 3.82. The van der Waals surface area contributed by atoms with E-state index in [4.69, 9.17) is 4.74 Å². The summed E-state index contributed by atoms with van der Waals surface area (Å²) in [5.41, 5.74) is 3.72. The van der Waals surface area contributed by atoms with Crippen LogP contribution < -0.4 is 14.4 Å². The van der Waals surface area contributed by atoms with Gasteiger partial charge in [0.1, 0.15) is 5.75 Å². The van der Waals surface area contributed by atoms with Crippen LogP contribution in [0, 0.1) is 6.92 Å². The minimum Gasteiger partial charge on any atom is -0.497 e. The molecule has 0 spiro atoms. The molecule has 0 fully saturated rings. The number of hydrogen-bond acceptors (Lipinski definition) is 6. The molecule has 7 nitrogen and oxygen atoms in total. The molecule has 9 heteroatoms. The summed E-state index contributed by atoms with van der Waals surface area (Å²) in [4.78, 5) is 18.4. The number of anilines is 2. The van der Waals surface area contributed by atoms with Gasteiger partial charge in [-0.25, -0.2) is 13.4 Å². The maximum atomic E-state index is 12.8. The van der Waals surface area contributed by atoms with Crippen molar-refractivity contribution in [3.63, 3.8) is 0 Å². The number of nitrogens with zero attached hydrogens (tertiary/aromatic N) is 2. The molecule has 1 aliphatic rings. The molecule has 2 aromatic carbocycles. The zero-order chi connectivity index (χ0) is 22.3. The van der Waals surface area contributed by atoms with Crippen molar-refractivity contribution in [1.29, 1.82) is 0 Å². The fourth-order valence-electron chi connectivity index (χ4n) is 3.89. The van der Waals surface area contributed by atoms with E-state index in [-0.39, 0.29) is 11.9 Å². The lowest BCUT2D eigenvalue weighted by Crippen LogP contribution is -2.34. The lowest BCUT2D eigenvalue weighted by atomic mass is 10.1. The van der Waals surface area contributed by atoms with E-state index >= 15 is 0 Å². The Morgan fingerprint density at radius 3 is 2.58 bits per heavy atom. The van der Waals surface area contributed by atoms with Gasteiger partial charge >= 0.3 is 0 Å². The van der Waals surface area contributed by atoms with Gasteiger partial charge in [0.05, 0.1) is 24.7 Å². The molecule has 1 N–H and O–H groups in total. The predicted octanol–water partition coefficient (Wildman–Crippen LogP) is 4.09. The van der Waals surface area contributed by atoms with Gasteiger partial charge in [0.15, 0.2) is 5.13 Å². The first kappa shape index (κ1) is 21.3. The number of carbonyl (C=O) groups excluding carboxylic acids is 1. The lowest BCUT2D eigenvalue weighted by molar-refractivity contribution is 0.102. The van der Waals surface area contributed by atoms with Crippen LogP contribution in [0.5, 0.6) is 5.75 Å². The summed E-state index contributed by atoms with van der Waals surface area (Å²) >= 11 is 1.41. The van der Waals surface area contributed by atoms with Gasteiger partial charge in [0.25, 0.3) is 5.91 Å². The molecule has 1 atom stereocenters. The van der Waals surface area contributed by atoms with Crippen molar-refractivity contribution in [2.24, 2.45) is 0 Å². The fourth-order valence-corrected chi connectivity index (χ4v) is 5.98. The maximum Gasteiger partial charge on any atom is 0.257 e. The highest BCUT2D eigenvalue weighted by Gasteiger charge is 2.32. The zero-order valence-electron chi connectivity index (χ0n) is 17.7. The summed E-state index contributed by atoms with van der Waals surface area (Å²) in [6, 6.07) is 12.5. The first-order chi connectivity index (χ1) is 14.7. The van der Waals surface area contributed by atoms with E-state index < -0.39 is 10.0 Å². The van der Waals surface area contributed by atoms with Gasteiger partial charge in [-0.3, -0.25) is 14.4 Å². The quantitative estimate of drug-likeness (QED) is 0.623. The standard InChI is InChI=1S/C22H23N3O4S2/c1-13-11-17-12-16(7-10-19(17)25(13)31(4,27)28)21(26)24-22-23-20(14(2)30-22)15-5-8-18(29-3)9-6-15/h5-10,12-13H,11H2,1-4H3,(H,23,24,26)/t13-/m0/s1. The molecule has 0 saturated carbocycles. The Labute approximate surface area is 185 Å². The monoisotopic (exact) mass is 457 g/mol. The van der Waals surface area contributed by atoms with Crippen LogP contribution in [0.1, 0.15) is 27.7 Å². The first-order valence-corrected chi connectivity index (χ1v) is 12.4. The second-order valence-corrected chi connectivity index (χ2v) is 10.6. The molecule has 0 bridgehead atoms. The molecule has 0 saturated heterocycles. The molecule has 1 aliphatic heterocycles. The molecular weight excluding hydrogens is 434 g/mol. The van der Waals surface area contributed by atoms with Crippen molar-refractivity contribution in [1.82, 2.24) is 4.98 Å². The van der Waals surface area contributed by atoms with E-state index in [0.29, 0.717) is 22.8 Å². The van der Waals surface area contributed by atoms with Crippen molar-refractivity contribution in [2.45, 2.75) is 26.3 Å². The number of amides is 1. The van der Waals surface area contributed by atoms with Gasteiger partial charge in [0, 0.05) is 22.0 Å². The second-order valence-electron chi connectivity index (χ2n) is 7.56. The van der Waals surface area contributed by atoms with Crippen LogP contribution in [0.25, 0.3) is 11.3 Å². The Kier molecular flexibility index (Phi) is 5.49. The highest BCUT2D eigenvalue weighted by atomic mass is 32.2. The third kappa shape index (κ3) is 4.15. The Morgan fingerprint density at radius 2 is 1.94 bits per heavy atom. The number of fused-ring (bicyclic) bond motifs is 1. The third-order valence-electron chi connectivity index (χ3n) is 5.23. The minimum absolute atomic E-state index is 0.169. The number of thiazole rings is 1. The average Bonchev–Trinajstić information content (AvgIpc) is 3.25.